The van der Waals surface area contributed by atoms with Gasteiger partial charge in [0.25, 0.3) is 0 Å². The Labute approximate surface area is 132 Å². The molecule has 3 atom stereocenters. The van der Waals surface area contributed by atoms with Crippen LogP contribution in [0.15, 0.2) is 18.5 Å². The van der Waals surface area contributed by atoms with Crippen LogP contribution in [0, 0.1) is 5.92 Å². The quantitative estimate of drug-likeness (QED) is 0.767. The summed E-state index contributed by atoms with van der Waals surface area (Å²) >= 11 is 0. The van der Waals surface area contributed by atoms with Crippen molar-refractivity contribution in [2.75, 3.05) is 0 Å². The van der Waals surface area contributed by atoms with Crippen LogP contribution in [-0.2, 0) is 4.74 Å². The maximum absolute atomic E-state index is 11.1. The normalized spacial score (nSPS) is 24.5. The topological polar surface area (TPSA) is 111 Å². The van der Waals surface area contributed by atoms with E-state index in [2.05, 4.69) is 27.1 Å². The van der Waals surface area contributed by atoms with E-state index in [-0.39, 0.29) is 12.0 Å². The number of fused-ring (bicyclic) bond motifs is 3. The fourth-order valence-corrected chi connectivity index (χ4v) is 3.74. The standard InChI is InChI=1S/C15H18N6O2/c1-2-8-5-9(23-15(16)22)6-10(8)14-20-19-12-7-18-13-11(21(12)14)3-4-17-13/h3-4,7-10,17H,2,5-6H2,1H3,(H2,16,22)/t8-,9+,10+/m1/s1. The number of nitrogens with one attached hydrogen (secondary N) is 1. The molecule has 1 aliphatic carbocycles. The van der Waals surface area contributed by atoms with Gasteiger partial charge in [-0.2, -0.15) is 0 Å². The summed E-state index contributed by atoms with van der Waals surface area (Å²) in [7, 11) is 0. The molecule has 1 fully saturated rings. The van der Waals surface area contributed by atoms with Crippen molar-refractivity contribution in [3.05, 3.63) is 24.3 Å². The van der Waals surface area contributed by atoms with E-state index in [0.717, 1.165) is 41.9 Å². The van der Waals surface area contributed by atoms with Gasteiger partial charge in [0.05, 0.1) is 11.7 Å². The highest BCUT2D eigenvalue weighted by Gasteiger charge is 2.38. The van der Waals surface area contributed by atoms with Gasteiger partial charge in [0, 0.05) is 12.1 Å². The number of aromatic nitrogens is 5. The van der Waals surface area contributed by atoms with Crippen LogP contribution in [0.4, 0.5) is 4.79 Å². The summed E-state index contributed by atoms with van der Waals surface area (Å²) in [4.78, 5) is 18.5. The number of amides is 1. The minimum absolute atomic E-state index is 0.154. The third-order valence-corrected chi connectivity index (χ3v) is 4.76. The van der Waals surface area contributed by atoms with Crippen LogP contribution in [0.1, 0.15) is 37.9 Å². The summed E-state index contributed by atoms with van der Waals surface area (Å²) in [5.74, 6) is 1.46. The Kier molecular flexibility index (Phi) is 3.17. The van der Waals surface area contributed by atoms with Crippen LogP contribution in [0.3, 0.4) is 0 Å². The molecule has 0 aliphatic heterocycles. The van der Waals surface area contributed by atoms with Crippen LogP contribution < -0.4 is 5.73 Å². The van der Waals surface area contributed by atoms with E-state index in [9.17, 15) is 4.79 Å². The lowest BCUT2D eigenvalue weighted by molar-refractivity contribution is 0.107. The zero-order chi connectivity index (χ0) is 16.0. The third kappa shape index (κ3) is 2.21. The zero-order valence-electron chi connectivity index (χ0n) is 12.8. The van der Waals surface area contributed by atoms with Crippen molar-refractivity contribution in [2.45, 2.75) is 38.2 Å². The monoisotopic (exact) mass is 314 g/mol. The Bertz CT molecular complexity index is 869. The van der Waals surface area contributed by atoms with Crippen molar-refractivity contribution < 1.29 is 9.53 Å². The summed E-state index contributed by atoms with van der Waals surface area (Å²) in [6.07, 6.45) is 5.21. The van der Waals surface area contributed by atoms with Gasteiger partial charge < -0.3 is 15.5 Å². The molecule has 120 valence electrons. The summed E-state index contributed by atoms with van der Waals surface area (Å²) in [5.41, 5.74) is 7.65. The summed E-state index contributed by atoms with van der Waals surface area (Å²) in [6.45, 7) is 2.14. The van der Waals surface area contributed by atoms with E-state index < -0.39 is 6.09 Å². The molecule has 0 bridgehead atoms. The van der Waals surface area contributed by atoms with E-state index >= 15 is 0 Å². The molecule has 1 saturated carbocycles. The Morgan fingerprint density at radius 3 is 3.13 bits per heavy atom. The van der Waals surface area contributed by atoms with Crippen LogP contribution >= 0.6 is 0 Å². The van der Waals surface area contributed by atoms with Gasteiger partial charge in [-0.25, -0.2) is 9.78 Å². The highest BCUT2D eigenvalue weighted by Crippen LogP contribution is 2.42. The Morgan fingerprint density at radius 1 is 1.48 bits per heavy atom. The van der Waals surface area contributed by atoms with E-state index in [1.54, 1.807) is 6.20 Å². The first-order valence-corrected chi connectivity index (χ1v) is 7.80. The van der Waals surface area contributed by atoms with Gasteiger partial charge in [-0.05, 0) is 24.8 Å². The number of carbonyl (C=O) groups is 1. The molecule has 0 spiro atoms. The molecule has 8 nitrogen and oxygen atoms in total. The molecular weight excluding hydrogens is 296 g/mol. The average Bonchev–Trinajstić information content (AvgIpc) is 3.22. The third-order valence-electron chi connectivity index (χ3n) is 4.76. The minimum atomic E-state index is -0.714. The number of rotatable bonds is 3. The number of primary amides is 1. The number of nitrogens with zero attached hydrogens (tertiary/aromatic N) is 4. The molecule has 0 saturated heterocycles. The number of carbonyl (C=O) groups excluding carboxylic acids is 1. The van der Waals surface area contributed by atoms with Crippen molar-refractivity contribution in [3.8, 4) is 0 Å². The van der Waals surface area contributed by atoms with Crippen LogP contribution in [0.25, 0.3) is 16.8 Å². The smallest absolute Gasteiger partial charge is 0.404 e. The van der Waals surface area contributed by atoms with Crippen molar-refractivity contribution in [2.24, 2.45) is 11.7 Å². The first-order valence-electron chi connectivity index (χ1n) is 7.80. The van der Waals surface area contributed by atoms with Crippen molar-refractivity contribution in [1.82, 2.24) is 24.6 Å². The molecule has 1 amide bonds. The molecule has 4 rings (SSSR count). The van der Waals surface area contributed by atoms with E-state index in [0.29, 0.717) is 5.92 Å². The van der Waals surface area contributed by atoms with Gasteiger partial charge in [-0.15, -0.1) is 10.2 Å². The molecule has 0 aromatic carbocycles. The molecule has 1 aliphatic rings. The van der Waals surface area contributed by atoms with Crippen molar-refractivity contribution in [1.29, 1.82) is 0 Å². The Balaban J connectivity index is 1.78. The lowest BCUT2D eigenvalue weighted by Crippen LogP contribution is -2.20. The Morgan fingerprint density at radius 2 is 2.35 bits per heavy atom. The predicted molar refractivity (Wildman–Crippen MR) is 82.9 cm³/mol. The van der Waals surface area contributed by atoms with Crippen LogP contribution in [0.5, 0.6) is 0 Å². The molecular formula is C15H18N6O2. The second-order valence-electron chi connectivity index (χ2n) is 6.03. The molecule has 3 heterocycles. The molecule has 3 aromatic rings. The fourth-order valence-electron chi connectivity index (χ4n) is 3.74. The maximum atomic E-state index is 11.1. The molecule has 0 radical (unpaired) electrons. The molecule has 23 heavy (non-hydrogen) atoms. The first kappa shape index (κ1) is 14.0. The van der Waals surface area contributed by atoms with Crippen molar-refractivity contribution >= 4 is 22.9 Å². The average molecular weight is 314 g/mol. The van der Waals surface area contributed by atoms with Gasteiger partial charge >= 0.3 is 6.09 Å². The Hall–Kier alpha value is -2.64. The number of nitrogens with two attached hydrogens (primary N) is 1. The predicted octanol–water partition coefficient (Wildman–Crippen LogP) is 1.97. The number of aromatic amines is 1. The van der Waals surface area contributed by atoms with Gasteiger partial charge in [0.2, 0.25) is 0 Å². The minimum Gasteiger partial charge on any atom is -0.446 e. The van der Waals surface area contributed by atoms with Crippen LogP contribution in [0.2, 0.25) is 0 Å². The van der Waals surface area contributed by atoms with Gasteiger partial charge in [-0.3, -0.25) is 4.40 Å². The second-order valence-corrected chi connectivity index (χ2v) is 6.03. The van der Waals surface area contributed by atoms with Gasteiger partial charge in [-0.1, -0.05) is 13.3 Å². The molecule has 3 aromatic heterocycles. The highest BCUT2D eigenvalue weighted by molar-refractivity contribution is 5.74. The fraction of sp³-hybridized carbons (Fsp3) is 0.467. The maximum Gasteiger partial charge on any atom is 0.404 e. The van der Waals surface area contributed by atoms with Crippen molar-refractivity contribution in [3.63, 3.8) is 0 Å². The molecule has 0 unspecified atom stereocenters. The first-order chi connectivity index (χ1) is 11.2. The number of hydrogen-bond acceptors (Lipinski definition) is 5. The summed E-state index contributed by atoms with van der Waals surface area (Å²) in [5, 5.41) is 8.66. The van der Waals surface area contributed by atoms with Gasteiger partial charge in [0.1, 0.15) is 11.9 Å². The SMILES string of the molecule is CC[C@@H]1C[C@H](OC(N)=O)C[C@@H]1c1nnc2cnc3[nH]ccc3n12. The van der Waals surface area contributed by atoms with Gasteiger partial charge in [0.15, 0.2) is 11.3 Å². The molecule has 3 N–H and O–H groups in total. The lowest BCUT2D eigenvalue weighted by Gasteiger charge is -2.15. The zero-order valence-corrected chi connectivity index (χ0v) is 12.8. The number of H-pyrrole nitrogens is 1. The van der Waals surface area contributed by atoms with E-state index in [1.807, 2.05) is 16.7 Å². The second kappa shape index (κ2) is 5.22. The largest absolute Gasteiger partial charge is 0.446 e. The van der Waals surface area contributed by atoms with Crippen LogP contribution in [-0.4, -0.2) is 36.8 Å². The number of hydrogen-bond donors (Lipinski definition) is 2. The number of ether oxygens (including phenoxy) is 1. The van der Waals surface area contributed by atoms with E-state index in [1.165, 1.54) is 0 Å². The summed E-state index contributed by atoms with van der Waals surface area (Å²) < 4.78 is 7.26. The lowest BCUT2D eigenvalue weighted by atomic mass is 9.93. The summed E-state index contributed by atoms with van der Waals surface area (Å²) in [6, 6.07) is 1.97. The molecule has 8 heteroatoms. The van der Waals surface area contributed by atoms with E-state index in [4.69, 9.17) is 10.5 Å². The highest BCUT2D eigenvalue weighted by atomic mass is 16.6.